The predicted octanol–water partition coefficient (Wildman–Crippen LogP) is 2.36. The van der Waals surface area contributed by atoms with Crippen LogP contribution in [0, 0.1) is 6.92 Å². The van der Waals surface area contributed by atoms with Gasteiger partial charge >= 0.3 is 5.91 Å². The topological polar surface area (TPSA) is 138 Å². The molecule has 0 saturated carbocycles. The number of hydrogen-bond acceptors (Lipinski definition) is 9. The highest BCUT2D eigenvalue weighted by molar-refractivity contribution is 5.91. The van der Waals surface area contributed by atoms with Crippen molar-refractivity contribution in [2.24, 2.45) is 0 Å². The fourth-order valence-electron chi connectivity index (χ4n) is 2.81. The zero-order valence-corrected chi connectivity index (χ0v) is 16.1. The van der Waals surface area contributed by atoms with Crippen LogP contribution >= 0.6 is 0 Å². The second-order valence-corrected chi connectivity index (χ2v) is 6.26. The minimum Gasteiger partial charge on any atom is -0.485 e. The third-order valence-corrected chi connectivity index (χ3v) is 4.35. The summed E-state index contributed by atoms with van der Waals surface area (Å²) in [6.45, 7) is 4.48. The Morgan fingerprint density at radius 1 is 1.31 bits per heavy atom. The number of carbonyl (C=O) groups is 1. The Morgan fingerprint density at radius 3 is 2.90 bits per heavy atom. The molecule has 0 aliphatic carbocycles. The molecule has 0 spiro atoms. The first-order valence-corrected chi connectivity index (χ1v) is 8.92. The van der Waals surface area contributed by atoms with Crippen molar-refractivity contribution < 1.29 is 23.2 Å². The molecule has 0 bridgehead atoms. The number of aryl methyl sites for hydroxylation is 1. The Hall–Kier alpha value is -3.21. The van der Waals surface area contributed by atoms with Crippen LogP contribution in [0.25, 0.3) is 11.4 Å². The number of amides is 1. The normalized spacial score (nSPS) is 14.2. The highest BCUT2D eigenvalue weighted by atomic mass is 16.5. The highest BCUT2D eigenvalue weighted by Gasteiger charge is 2.19. The van der Waals surface area contributed by atoms with Gasteiger partial charge in [0.1, 0.15) is 24.3 Å². The molecule has 1 amide bonds. The molecule has 4 rings (SSSR count). The van der Waals surface area contributed by atoms with E-state index in [9.17, 15) is 4.79 Å². The molecular weight excluding hydrogens is 378 g/mol. The van der Waals surface area contributed by atoms with Crippen molar-refractivity contribution in [3.05, 3.63) is 53.8 Å². The summed E-state index contributed by atoms with van der Waals surface area (Å²) in [6.07, 6.45) is 3.09. The summed E-state index contributed by atoms with van der Waals surface area (Å²) in [5.41, 5.74) is 4.92. The molecule has 1 fully saturated rings. The quantitative estimate of drug-likeness (QED) is 0.637. The first-order valence-electron chi connectivity index (χ1n) is 8.92. The van der Waals surface area contributed by atoms with Crippen LogP contribution in [0.4, 0.5) is 0 Å². The highest BCUT2D eigenvalue weighted by Crippen LogP contribution is 2.25. The standard InChI is InChI=1S/C19H20N4O5.H3N/c1-13-15(18(22-28-13)16-4-2-3-5-20-16)12-26-14-10-17(27-11-14)19(24)21-23-6-8-25-9-7-23;/h2-5,10-11H,6-9,12H2,1H3,(H,21,24);1H3. The van der Waals surface area contributed by atoms with Crippen LogP contribution in [0.2, 0.25) is 0 Å². The van der Waals surface area contributed by atoms with E-state index in [1.54, 1.807) is 17.3 Å². The minimum absolute atomic E-state index is 0. The van der Waals surface area contributed by atoms with Crippen molar-refractivity contribution in [3.63, 3.8) is 0 Å². The molecule has 4 N–H and O–H groups in total. The second kappa shape index (κ2) is 9.32. The van der Waals surface area contributed by atoms with Crippen LogP contribution < -0.4 is 16.3 Å². The van der Waals surface area contributed by atoms with Crippen molar-refractivity contribution in [1.82, 2.24) is 26.7 Å². The van der Waals surface area contributed by atoms with E-state index in [2.05, 4.69) is 15.6 Å². The molecule has 0 atom stereocenters. The Bertz CT molecular complexity index is 934. The van der Waals surface area contributed by atoms with Gasteiger partial charge in [0.15, 0.2) is 11.5 Å². The molecule has 0 unspecified atom stereocenters. The predicted molar refractivity (Wildman–Crippen MR) is 102 cm³/mol. The SMILES string of the molecule is Cc1onc(-c2ccccn2)c1COc1coc(C(=O)NN2CCOCC2)c1.N. The van der Waals surface area contributed by atoms with E-state index in [-0.39, 0.29) is 24.4 Å². The Morgan fingerprint density at radius 2 is 2.14 bits per heavy atom. The number of aromatic nitrogens is 2. The maximum Gasteiger partial charge on any atom is 0.301 e. The van der Waals surface area contributed by atoms with Gasteiger partial charge in [-0.25, -0.2) is 5.01 Å². The van der Waals surface area contributed by atoms with Gasteiger partial charge in [-0.2, -0.15) is 0 Å². The van der Waals surface area contributed by atoms with Crippen molar-refractivity contribution in [3.8, 4) is 17.1 Å². The fourth-order valence-corrected chi connectivity index (χ4v) is 2.81. The second-order valence-electron chi connectivity index (χ2n) is 6.26. The molecule has 10 heteroatoms. The molecule has 0 radical (unpaired) electrons. The van der Waals surface area contributed by atoms with Gasteiger partial charge < -0.3 is 24.6 Å². The molecule has 1 aliphatic heterocycles. The molecule has 1 aliphatic rings. The number of pyridine rings is 1. The van der Waals surface area contributed by atoms with E-state index in [4.69, 9.17) is 18.4 Å². The third kappa shape index (κ3) is 4.80. The lowest BCUT2D eigenvalue weighted by Gasteiger charge is -2.26. The van der Waals surface area contributed by atoms with Gasteiger partial charge in [-0.15, -0.1) is 0 Å². The smallest absolute Gasteiger partial charge is 0.301 e. The van der Waals surface area contributed by atoms with E-state index in [1.807, 2.05) is 25.1 Å². The molecule has 3 aromatic heterocycles. The Kier molecular flexibility index (Phi) is 6.60. The fraction of sp³-hybridized carbons (Fsp3) is 0.316. The summed E-state index contributed by atoms with van der Waals surface area (Å²) >= 11 is 0. The van der Waals surface area contributed by atoms with Gasteiger partial charge in [0, 0.05) is 25.4 Å². The number of hydrazine groups is 1. The third-order valence-electron chi connectivity index (χ3n) is 4.35. The number of hydrogen-bond donors (Lipinski definition) is 2. The summed E-state index contributed by atoms with van der Waals surface area (Å²) < 4.78 is 21.7. The van der Waals surface area contributed by atoms with E-state index in [1.165, 1.54) is 6.26 Å². The monoisotopic (exact) mass is 401 g/mol. The van der Waals surface area contributed by atoms with Gasteiger partial charge in [-0.3, -0.25) is 15.2 Å². The van der Waals surface area contributed by atoms with E-state index < -0.39 is 0 Å². The number of nitrogens with one attached hydrogen (secondary N) is 1. The first-order chi connectivity index (χ1) is 13.7. The Balaban J connectivity index is 0.00000240. The zero-order valence-electron chi connectivity index (χ0n) is 16.1. The van der Waals surface area contributed by atoms with Gasteiger partial charge in [0.2, 0.25) is 0 Å². The number of ether oxygens (including phenoxy) is 2. The van der Waals surface area contributed by atoms with Gasteiger partial charge in [0.05, 0.1) is 24.5 Å². The van der Waals surface area contributed by atoms with Crippen molar-refractivity contribution in [1.29, 1.82) is 0 Å². The molecule has 3 aromatic rings. The average molecular weight is 401 g/mol. The van der Waals surface area contributed by atoms with Crippen LogP contribution in [0.3, 0.4) is 0 Å². The maximum atomic E-state index is 12.3. The lowest BCUT2D eigenvalue weighted by Crippen LogP contribution is -2.48. The van der Waals surface area contributed by atoms with Crippen LogP contribution in [0.5, 0.6) is 5.75 Å². The summed E-state index contributed by atoms with van der Waals surface area (Å²) in [6, 6.07) is 7.12. The lowest BCUT2D eigenvalue weighted by molar-refractivity contribution is 0.0118. The van der Waals surface area contributed by atoms with E-state index in [0.29, 0.717) is 49.2 Å². The maximum absolute atomic E-state index is 12.3. The lowest BCUT2D eigenvalue weighted by atomic mass is 10.1. The van der Waals surface area contributed by atoms with E-state index >= 15 is 0 Å². The Labute approximate surface area is 167 Å². The number of rotatable bonds is 6. The molecule has 10 nitrogen and oxygen atoms in total. The van der Waals surface area contributed by atoms with Gasteiger partial charge in [-0.1, -0.05) is 11.2 Å². The van der Waals surface area contributed by atoms with Crippen LogP contribution in [0.1, 0.15) is 21.9 Å². The number of morpholine rings is 1. The number of furan rings is 1. The van der Waals surface area contributed by atoms with Crippen LogP contribution in [-0.4, -0.2) is 47.4 Å². The van der Waals surface area contributed by atoms with Crippen LogP contribution in [0.15, 0.2) is 45.7 Å². The van der Waals surface area contributed by atoms with Crippen molar-refractivity contribution >= 4 is 5.91 Å². The summed E-state index contributed by atoms with van der Waals surface area (Å²) in [5.74, 6) is 0.940. The minimum atomic E-state index is -0.327. The van der Waals surface area contributed by atoms with Gasteiger partial charge in [0.25, 0.3) is 0 Å². The molecule has 154 valence electrons. The first kappa shape index (κ1) is 20.5. The number of carbonyl (C=O) groups excluding carboxylic acids is 1. The molecule has 4 heterocycles. The largest absolute Gasteiger partial charge is 0.485 e. The molecular formula is C19H23N5O5. The van der Waals surface area contributed by atoms with Crippen LogP contribution in [-0.2, 0) is 11.3 Å². The summed E-state index contributed by atoms with van der Waals surface area (Å²) in [5, 5.41) is 5.88. The average Bonchev–Trinajstić information content (AvgIpc) is 3.34. The molecule has 29 heavy (non-hydrogen) atoms. The molecule has 0 aromatic carbocycles. The van der Waals surface area contributed by atoms with Crippen molar-refractivity contribution in [2.75, 3.05) is 26.3 Å². The van der Waals surface area contributed by atoms with E-state index in [0.717, 1.165) is 5.56 Å². The van der Waals surface area contributed by atoms with Gasteiger partial charge in [-0.05, 0) is 19.1 Å². The molecule has 1 saturated heterocycles. The van der Waals surface area contributed by atoms with Crippen molar-refractivity contribution in [2.45, 2.75) is 13.5 Å². The summed E-state index contributed by atoms with van der Waals surface area (Å²) in [4.78, 5) is 16.6. The zero-order chi connectivity index (χ0) is 19.3. The number of nitrogens with zero attached hydrogens (tertiary/aromatic N) is 3. The summed E-state index contributed by atoms with van der Waals surface area (Å²) in [7, 11) is 0.